The van der Waals surface area contributed by atoms with Gasteiger partial charge in [0.05, 0.1) is 24.9 Å². The number of nitrogens with two attached hydrogens (primary N) is 3. The number of aromatic amines is 1. The molecule has 0 aliphatic carbocycles. The van der Waals surface area contributed by atoms with E-state index in [1.807, 2.05) is 5.32 Å². The van der Waals surface area contributed by atoms with Crippen molar-refractivity contribution in [2.75, 3.05) is 6.54 Å². The maximum atomic E-state index is 14.6. The summed E-state index contributed by atoms with van der Waals surface area (Å²) in [6.07, 6.45) is -1.56. The number of aliphatic hydroxyl groups excluding tert-OH is 1. The molecule has 4 rings (SSSR count). The van der Waals surface area contributed by atoms with E-state index in [4.69, 9.17) is 17.2 Å². The first-order chi connectivity index (χ1) is 37.3. The molecule has 1 fully saturated rings. The van der Waals surface area contributed by atoms with Crippen molar-refractivity contribution in [1.82, 2.24) is 52.1 Å². The van der Waals surface area contributed by atoms with E-state index in [0.29, 0.717) is 16.8 Å². The standard InChI is InChI=1S/C50H67N13O16/c1-25(42(70)62-41(26(2)64)50(78)79)56-44(72)36(22-40(68)69)60-46(74)34(19-27-7-4-3-5-8-27)61-48(76)37-9-6-18-63(37)49(77)32(15-17-39(53)67)57-45(73)33(20-28-10-12-30(65)13-11-28)59-47(75)35(21-29-23-54-24-55-29)58-43(71)31(51)14-16-38(52)66/h3-5,7-8,10-13,23-26,31-37,41,64-65H,6,9,14-22,51H2,1-2H3,(H2,52,66)(H2,53,67)(H,54,55)(H,56,72)(H,57,73)(H,58,71)(H,59,75)(H,60,74)(H,61,76)(H,62,70)(H,68,69)(H,78,79)/t25-,26+,31-,32-,33-,34-,35-,36-,37-,41-/m0/s1. The maximum Gasteiger partial charge on any atom is 0.328 e. The van der Waals surface area contributed by atoms with Crippen LogP contribution in [0, 0.1) is 0 Å². The highest BCUT2D eigenvalue weighted by atomic mass is 16.4. The molecule has 10 atom stereocenters. The fourth-order valence-corrected chi connectivity index (χ4v) is 8.23. The van der Waals surface area contributed by atoms with Crippen molar-refractivity contribution >= 4 is 71.0 Å². The minimum absolute atomic E-state index is 0.0185. The lowest BCUT2D eigenvalue weighted by molar-refractivity contribution is -0.145. The number of primary amides is 2. The number of rotatable bonds is 31. The Morgan fingerprint density at radius 3 is 1.75 bits per heavy atom. The van der Waals surface area contributed by atoms with E-state index < -0.39 is 151 Å². The highest BCUT2D eigenvalue weighted by molar-refractivity contribution is 5.99. The Bertz CT molecular complexity index is 2660. The number of hydrogen-bond donors (Lipinski definition) is 15. The summed E-state index contributed by atoms with van der Waals surface area (Å²) >= 11 is 0. The van der Waals surface area contributed by atoms with E-state index in [0.717, 1.165) is 18.7 Å². The van der Waals surface area contributed by atoms with Gasteiger partial charge < -0.3 is 84.7 Å². The molecule has 0 saturated carbocycles. The summed E-state index contributed by atoms with van der Waals surface area (Å²) in [4.78, 5) is 166. The molecular weight excluding hydrogens is 1040 g/mol. The van der Waals surface area contributed by atoms with Crippen molar-refractivity contribution in [2.45, 2.75) is 139 Å². The van der Waals surface area contributed by atoms with Crippen molar-refractivity contribution in [3.8, 4) is 5.75 Å². The summed E-state index contributed by atoms with van der Waals surface area (Å²) in [6.45, 7) is 2.17. The summed E-state index contributed by atoms with van der Waals surface area (Å²) in [6, 6.07) is -0.0908. The number of hydrogen-bond acceptors (Lipinski definition) is 16. The summed E-state index contributed by atoms with van der Waals surface area (Å²) < 4.78 is 0. The van der Waals surface area contributed by atoms with Crippen LogP contribution in [0.15, 0.2) is 67.1 Å². The molecule has 0 radical (unpaired) electrons. The number of phenols is 1. The van der Waals surface area contributed by atoms with Crippen molar-refractivity contribution in [2.24, 2.45) is 17.2 Å². The quantitative estimate of drug-likeness (QED) is 0.0288. The molecule has 18 N–H and O–H groups in total. The highest BCUT2D eigenvalue weighted by Crippen LogP contribution is 2.21. The van der Waals surface area contributed by atoms with Gasteiger partial charge in [-0.2, -0.15) is 0 Å². The number of carbonyl (C=O) groups is 12. The van der Waals surface area contributed by atoms with E-state index in [-0.39, 0.29) is 57.2 Å². The molecule has 29 heteroatoms. The number of amides is 10. The number of H-pyrrole nitrogens is 1. The Balaban J connectivity index is 1.60. The SMILES string of the molecule is C[C@H](NC(=O)[C@H](CC(=O)O)NC(=O)[C@H](Cc1ccccc1)NC(=O)[C@@H]1CCCN1C(=O)[C@H](CCC(N)=O)NC(=O)[C@H](Cc1ccc(O)cc1)NC(=O)[C@H](Cc1cnc[nH]1)NC(=O)[C@@H](N)CCC(N)=O)C(=O)N[C@H](C(=O)O)[C@@H](C)O. The van der Waals surface area contributed by atoms with Crippen LogP contribution < -0.4 is 54.4 Å². The lowest BCUT2D eigenvalue weighted by Crippen LogP contribution is -2.61. The molecule has 1 saturated heterocycles. The number of aliphatic carboxylic acids is 2. The molecule has 0 spiro atoms. The highest BCUT2D eigenvalue weighted by Gasteiger charge is 2.41. The molecule has 10 amide bonds. The first kappa shape index (κ1) is 62.5. The molecule has 2 aromatic carbocycles. The van der Waals surface area contributed by atoms with Crippen LogP contribution in [0.25, 0.3) is 0 Å². The number of carboxylic acids is 2. The minimum Gasteiger partial charge on any atom is -0.508 e. The Morgan fingerprint density at radius 1 is 0.658 bits per heavy atom. The third-order valence-electron chi connectivity index (χ3n) is 12.5. The van der Waals surface area contributed by atoms with E-state index in [1.54, 1.807) is 30.3 Å². The second-order valence-electron chi connectivity index (χ2n) is 18.8. The minimum atomic E-state index is -1.87. The zero-order chi connectivity index (χ0) is 58.5. The van der Waals surface area contributed by atoms with Crippen molar-refractivity contribution in [1.29, 1.82) is 0 Å². The number of benzene rings is 2. The number of aromatic hydroxyl groups is 1. The van der Waals surface area contributed by atoms with Crippen molar-refractivity contribution in [3.63, 3.8) is 0 Å². The molecule has 428 valence electrons. The third-order valence-corrected chi connectivity index (χ3v) is 12.5. The Kier molecular flexibility index (Phi) is 23.8. The Hall–Kier alpha value is -8.99. The maximum absolute atomic E-state index is 14.6. The molecule has 1 aliphatic heterocycles. The van der Waals surface area contributed by atoms with E-state index >= 15 is 0 Å². The van der Waals surface area contributed by atoms with Crippen LogP contribution in [0.3, 0.4) is 0 Å². The number of phenolic OH excluding ortho intramolecular Hbond substituents is 1. The van der Waals surface area contributed by atoms with Gasteiger partial charge in [-0.25, -0.2) is 9.78 Å². The predicted molar refractivity (Wildman–Crippen MR) is 275 cm³/mol. The van der Waals surface area contributed by atoms with Crippen molar-refractivity contribution < 1.29 is 78.0 Å². The number of nitrogens with one attached hydrogen (secondary N) is 8. The molecule has 79 heavy (non-hydrogen) atoms. The number of aliphatic hydroxyl groups is 1. The molecule has 3 aromatic rings. The predicted octanol–water partition coefficient (Wildman–Crippen LogP) is -4.65. The molecular formula is C50H67N13O16. The van der Waals surface area contributed by atoms with Crippen LogP contribution in [0.1, 0.15) is 75.6 Å². The summed E-state index contributed by atoms with van der Waals surface area (Å²) in [5.41, 5.74) is 18.0. The average molecular weight is 1110 g/mol. The number of carbonyl (C=O) groups excluding carboxylic acids is 10. The average Bonchev–Trinajstić information content (AvgIpc) is 4.13. The topological polar surface area (TPSA) is 480 Å². The number of carboxylic acid groups (broad SMARTS) is 2. The fourth-order valence-electron chi connectivity index (χ4n) is 8.23. The zero-order valence-electron chi connectivity index (χ0n) is 43.2. The van der Waals surface area contributed by atoms with Crippen LogP contribution in [-0.4, -0.2) is 173 Å². The molecule has 29 nitrogen and oxygen atoms in total. The van der Waals surface area contributed by atoms with E-state index in [1.165, 1.54) is 36.8 Å². The van der Waals surface area contributed by atoms with Crippen LogP contribution in [0.4, 0.5) is 0 Å². The molecule has 2 heterocycles. The third kappa shape index (κ3) is 20.2. The summed E-state index contributed by atoms with van der Waals surface area (Å²) in [7, 11) is 0. The van der Waals surface area contributed by atoms with Gasteiger partial charge in [0.2, 0.25) is 59.1 Å². The number of nitrogens with zero attached hydrogens (tertiary/aromatic N) is 2. The van der Waals surface area contributed by atoms with Crippen molar-refractivity contribution in [3.05, 3.63) is 83.9 Å². The van der Waals surface area contributed by atoms with Crippen LogP contribution >= 0.6 is 0 Å². The van der Waals surface area contributed by atoms with Crippen LogP contribution in [0.5, 0.6) is 5.75 Å². The number of likely N-dealkylation sites (tertiary alicyclic amines) is 1. The van der Waals surface area contributed by atoms with Gasteiger partial charge in [0.1, 0.15) is 48.0 Å². The van der Waals surface area contributed by atoms with Gasteiger partial charge in [-0.05, 0) is 62.8 Å². The fraction of sp³-hybridized carbons (Fsp3) is 0.460. The van der Waals surface area contributed by atoms with Gasteiger partial charge in [-0.1, -0.05) is 42.5 Å². The summed E-state index contributed by atoms with van der Waals surface area (Å²) in [5.74, 6) is -12.7. The van der Waals surface area contributed by atoms with Crippen LogP contribution in [0.2, 0.25) is 0 Å². The Labute approximate surface area is 451 Å². The molecule has 0 unspecified atom stereocenters. The molecule has 1 aromatic heterocycles. The molecule has 1 aliphatic rings. The number of aromatic nitrogens is 2. The molecule has 0 bridgehead atoms. The number of imidazole rings is 1. The van der Waals surface area contributed by atoms with Gasteiger partial charge in [0, 0.05) is 50.5 Å². The van der Waals surface area contributed by atoms with E-state index in [9.17, 15) is 78.0 Å². The van der Waals surface area contributed by atoms with Gasteiger partial charge in [0.15, 0.2) is 6.04 Å². The van der Waals surface area contributed by atoms with Gasteiger partial charge >= 0.3 is 11.9 Å². The zero-order valence-corrected chi connectivity index (χ0v) is 43.2. The normalized spacial score (nSPS) is 16.4. The smallest absolute Gasteiger partial charge is 0.328 e. The van der Waals surface area contributed by atoms with E-state index in [2.05, 4.69) is 41.9 Å². The van der Waals surface area contributed by atoms with Gasteiger partial charge in [-0.15, -0.1) is 0 Å². The Morgan fingerprint density at radius 2 is 1.19 bits per heavy atom. The first-order valence-corrected chi connectivity index (χ1v) is 25.0. The second kappa shape index (κ2) is 30.1. The van der Waals surface area contributed by atoms with Gasteiger partial charge in [-0.3, -0.25) is 52.7 Å². The second-order valence-corrected chi connectivity index (χ2v) is 18.8. The largest absolute Gasteiger partial charge is 0.508 e. The lowest BCUT2D eigenvalue weighted by Gasteiger charge is -2.31. The first-order valence-electron chi connectivity index (χ1n) is 25.0. The monoisotopic (exact) mass is 1110 g/mol. The van der Waals surface area contributed by atoms with Gasteiger partial charge in [0.25, 0.3) is 0 Å². The lowest BCUT2D eigenvalue weighted by atomic mass is 10.0. The van der Waals surface area contributed by atoms with Crippen LogP contribution in [-0.2, 0) is 76.8 Å². The summed E-state index contributed by atoms with van der Waals surface area (Å²) in [5, 5.41) is 55.7.